The Labute approximate surface area is 258 Å². The van der Waals surface area contributed by atoms with E-state index in [0.29, 0.717) is 30.9 Å². The second-order valence-electron chi connectivity index (χ2n) is 12.0. The van der Waals surface area contributed by atoms with E-state index in [2.05, 4.69) is 32.5 Å². The molecule has 0 saturated carbocycles. The highest BCUT2D eigenvalue weighted by Gasteiger charge is 2.40. The number of anilines is 1. The standard InChI is InChI=1S/C32H39N7O4S/c1-6-38-20-28(36-37-38)21-43-30(32(4,5)31(40)35-27-8-7-12-33-16-27)25-10-9-23(3)26(15-25)19-39-18-22(2)14-24-11-13-34-17-29(24)44(39,41)42/h7-13,15-17,20,22,30H,6,14,18-19,21H2,1-5H3,(H,35,40)/t22-,30+/m0/s1. The van der Waals surface area contributed by atoms with Crippen molar-refractivity contribution in [1.29, 1.82) is 0 Å². The molecule has 0 radical (unpaired) electrons. The number of aryl methyl sites for hydroxylation is 2. The Morgan fingerprint density at radius 3 is 2.68 bits per heavy atom. The maximum absolute atomic E-state index is 13.8. The van der Waals surface area contributed by atoms with Crippen molar-refractivity contribution in [3.63, 3.8) is 0 Å². The van der Waals surface area contributed by atoms with Gasteiger partial charge in [-0.15, -0.1) is 5.10 Å². The van der Waals surface area contributed by atoms with Crippen LogP contribution in [-0.4, -0.2) is 50.1 Å². The lowest BCUT2D eigenvalue weighted by atomic mass is 9.80. The van der Waals surface area contributed by atoms with Crippen LogP contribution in [0.3, 0.4) is 0 Å². The number of fused-ring (bicyclic) bond motifs is 1. The molecule has 12 heteroatoms. The van der Waals surface area contributed by atoms with E-state index in [9.17, 15) is 13.2 Å². The number of hydrogen-bond acceptors (Lipinski definition) is 8. The van der Waals surface area contributed by atoms with Gasteiger partial charge in [-0.3, -0.25) is 19.4 Å². The molecule has 0 spiro atoms. The number of amides is 1. The van der Waals surface area contributed by atoms with Crippen LogP contribution in [0.4, 0.5) is 5.69 Å². The molecule has 1 amide bonds. The van der Waals surface area contributed by atoms with Crippen LogP contribution in [0.25, 0.3) is 0 Å². The number of pyridine rings is 2. The highest BCUT2D eigenvalue weighted by molar-refractivity contribution is 7.89. The van der Waals surface area contributed by atoms with E-state index in [-0.39, 0.29) is 29.9 Å². The summed E-state index contributed by atoms with van der Waals surface area (Å²) in [7, 11) is -3.77. The van der Waals surface area contributed by atoms with E-state index in [0.717, 1.165) is 22.3 Å². The van der Waals surface area contributed by atoms with Crippen LogP contribution in [0.15, 0.2) is 72.3 Å². The quantitative estimate of drug-likeness (QED) is 0.271. The molecule has 1 aromatic carbocycles. The van der Waals surface area contributed by atoms with Gasteiger partial charge in [0, 0.05) is 38.2 Å². The first-order valence-corrected chi connectivity index (χ1v) is 16.2. The summed E-state index contributed by atoms with van der Waals surface area (Å²) in [4.78, 5) is 22.2. The number of aromatic nitrogens is 5. The average Bonchev–Trinajstić information content (AvgIpc) is 3.43. The number of carbonyl (C=O) groups excluding carboxylic acids is 1. The molecule has 0 saturated heterocycles. The first kappa shape index (κ1) is 31.4. The van der Waals surface area contributed by atoms with Gasteiger partial charge in [0.15, 0.2) is 0 Å². The fourth-order valence-electron chi connectivity index (χ4n) is 5.50. The summed E-state index contributed by atoms with van der Waals surface area (Å²) < 4.78 is 37.3. The molecule has 3 aromatic heterocycles. The molecule has 0 fully saturated rings. The third-order valence-electron chi connectivity index (χ3n) is 8.06. The third kappa shape index (κ3) is 6.72. The Bertz CT molecular complexity index is 1720. The second-order valence-corrected chi connectivity index (χ2v) is 13.9. The zero-order valence-electron chi connectivity index (χ0n) is 25.8. The predicted octanol–water partition coefficient (Wildman–Crippen LogP) is 4.70. The van der Waals surface area contributed by atoms with Crippen LogP contribution in [0, 0.1) is 18.3 Å². The largest absolute Gasteiger partial charge is 0.366 e. The van der Waals surface area contributed by atoms with Crippen molar-refractivity contribution in [1.82, 2.24) is 29.3 Å². The summed E-state index contributed by atoms with van der Waals surface area (Å²) in [6.45, 7) is 11.0. The van der Waals surface area contributed by atoms with Crippen molar-refractivity contribution in [2.24, 2.45) is 11.3 Å². The Kier molecular flexibility index (Phi) is 9.23. The molecule has 232 valence electrons. The summed E-state index contributed by atoms with van der Waals surface area (Å²) in [5.41, 5.74) is 3.49. The van der Waals surface area contributed by atoms with Crippen molar-refractivity contribution in [3.8, 4) is 0 Å². The van der Waals surface area contributed by atoms with Crippen molar-refractivity contribution >= 4 is 21.6 Å². The summed E-state index contributed by atoms with van der Waals surface area (Å²) in [6, 6.07) is 11.2. The fraction of sp³-hybridized carbons (Fsp3) is 0.406. The minimum atomic E-state index is -3.77. The molecule has 0 bridgehead atoms. The molecule has 1 aliphatic heterocycles. The van der Waals surface area contributed by atoms with Crippen molar-refractivity contribution in [2.45, 2.75) is 71.7 Å². The number of benzene rings is 1. The van der Waals surface area contributed by atoms with Crippen LogP contribution in [-0.2, 0) is 45.7 Å². The Morgan fingerprint density at radius 2 is 1.95 bits per heavy atom. The SMILES string of the molecule is CCn1cc(CO[C@H](c2ccc(C)c(CN3C[C@@H](C)Cc4ccncc4S3(=O)=O)c2)C(C)(C)C(=O)Nc2cccnc2)nn1. The lowest BCUT2D eigenvalue weighted by molar-refractivity contribution is -0.134. The lowest BCUT2D eigenvalue weighted by Crippen LogP contribution is -2.38. The van der Waals surface area contributed by atoms with Crippen molar-refractivity contribution in [2.75, 3.05) is 11.9 Å². The van der Waals surface area contributed by atoms with Gasteiger partial charge in [-0.1, -0.05) is 30.3 Å². The molecule has 1 aliphatic rings. The van der Waals surface area contributed by atoms with Gasteiger partial charge in [0.2, 0.25) is 15.9 Å². The Hall–Kier alpha value is -4.00. The highest BCUT2D eigenvalue weighted by atomic mass is 32.2. The molecule has 4 aromatic rings. The van der Waals surface area contributed by atoms with E-state index < -0.39 is 21.5 Å². The Balaban J connectivity index is 1.48. The average molecular weight is 618 g/mol. The minimum Gasteiger partial charge on any atom is -0.366 e. The molecule has 1 N–H and O–H groups in total. The van der Waals surface area contributed by atoms with Crippen molar-refractivity contribution in [3.05, 3.63) is 95.3 Å². The Morgan fingerprint density at radius 1 is 1.16 bits per heavy atom. The fourth-order valence-corrected chi connectivity index (χ4v) is 7.21. The highest BCUT2D eigenvalue weighted by Crippen LogP contribution is 2.39. The van der Waals surface area contributed by atoms with Gasteiger partial charge in [-0.2, -0.15) is 4.31 Å². The smallest absolute Gasteiger partial charge is 0.245 e. The number of ether oxygens (including phenoxy) is 1. The van der Waals surface area contributed by atoms with Gasteiger partial charge in [0.25, 0.3) is 0 Å². The van der Waals surface area contributed by atoms with Gasteiger partial charge >= 0.3 is 0 Å². The molecule has 2 atom stereocenters. The summed E-state index contributed by atoms with van der Waals surface area (Å²) in [5, 5.41) is 11.3. The third-order valence-corrected chi connectivity index (χ3v) is 9.94. The van der Waals surface area contributed by atoms with E-state index in [1.807, 2.05) is 52.1 Å². The van der Waals surface area contributed by atoms with Crippen LogP contribution in [0.1, 0.15) is 61.7 Å². The van der Waals surface area contributed by atoms with Crippen LogP contribution in [0.2, 0.25) is 0 Å². The topological polar surface area (TPSA) is 132 Å². The predicted molar refractivity (Wildman–Crippen MR) is 166 cm³/mol. The minimum absolute atomic E-state index is 0.125. The van der Waals surface area contributed by atoms with Crippen LogP contribution in [0.5, 0.6) is 0 Å². The number of nitrogens with zero attached hydrogens (tertiary/aromatic N) is 6. The zero-order valence-corrected chi connectivity index (χ0v) is 26.6. The summed E-state index contributed by atoms with van der Waals surface area (Å²) >= 11 is 0. The molecule has 0 aliphatic carbocycles. The normalized spacial score (nSPS) is 17.4. The number of nitrogens with one attached hydrogen (secondary N) is 1. The number of rotatable bonds is 10. The van der Waals surface area contributed by atoms with Crippen molar-refractivity contribution < 1.29 is 17.9 Å². The van der Waals surface area contributed by atoms with Gasteiger partial charge in [-0.05, 0) is 80.5 Å². The van der Waals surface area contributed by atoms with E-state index in [1.165, 1.54) is 10.5 Å². The van der Waals surface area contributed by atoms with Gasteiger partial charge < -0.3 is 10.1 Å². The maximum atomic E-state index is 13.8. The summed E-state index contributed by atoms with van der Waals surface area (Å²) in [5.74, 6) is -0.123. The van der Waals surface area contributed by atoms with Gasteiger partial charge in [0.1, 0.15) is 10.6 Å². The molecule has 11 nitrogen and oxygen atoms in total. The maximum Gasteiger partial charge on any atom is 0.245 e. The molecular weight excluding hydrogens is 578 g/mol. The summed E-state index contributed by atoms with van der Waals surface area (Å²) in [6.07, 6.45) is 8.09. The van der Waals surface area contributed by atoms with Gasteiger partial charge in [0.05, 0.1) is 36.2 Å². The molecular formula is C32H39N7O4S. The van der Waals surface area contributed by atoms with E-state index in [1.54, 1.807) is 41.5 Å². The molecule has 5 rings (SSSR count). The molecule has 44 heavy (non-hydrogen) atoms. The van der Waals surface area contributed by atoms with Crippen LogP contribution < -0.4 is 5.32 Å². The number of sulfonamides is 1. The lowest BCUT2D eigenvalue weighted by Gasteiger charge is -2.34. The number of hydrogen-bond donors (Lipinski definition) is 1. The molecule has 4 heterocycles. The van der Waals surface area contributed by atoms with Crippen LogP contribution >= 0.6 is 0 Å². The number of carbonyl (C=O) groups is 1. The first-order chi connectivity index (χ1) is 21.0. The zero-order chi connectivity index (χ0) is 31.5. The van der Waals surface area contributed by atoms with Gasteiger partial charge in [-0.25, -0.2) is 8.42 Å². The monoisotopic (exact) mass is 617 g/mol. The van der Waals surface area contributed by atoms with E-state index in [4.69, 9.17) is 4.74 Å². The second kappa shape index (κ2) is 12.9. The molecule has 0 unspecified atom stereocenters. The first-order valence-electron chi connectivity index (χ1n) is 14.7. The van der Waals surface area contributed by atoms with E-state index >= 15 is 0 Å².